The molecule has 4 heterocycles. The number of halogens is 1. The Balaban J connectivity index is 1.25. The number of ether oxygens (including phenoxy) is 4. The topological polar surface area (TPSA) is 230 Å². The van der Waals surface area contributed by atoms with Crippen molar-refractivity contribution in [3.63, 3.8) is 0 Å². The number of carbonyl (C=O) groups is 4. The van der Waals surface area contributed by atoms with Crippen LogP contribution in [0.25, 0.3) is 10.9 Å². The van der Waals surface area contributed by atoms with Gasteiger partial charge in [-0.05, 0) is 98.9 Å². The summed E-state index contributed by atoms with van der Waals surface area (Å²) in [7, 11) is 3.71. The minimum absolute atomic E-state index is 0.0870. The summed E-state index contributed by atoms with van der Waals surface area (Å²) in [6.45, 7) is 18.2. The number of ketones is 1. The van der Waals surface area contributed by atoms with Crippen LogP contribution in [0.4, 0.5) is 5.69 Å². The van der Waals surface area contributed by atoms with E-state index in [9.17, 15) is 44.4 Å². The number of rotatable bonds is 12. The molecular weight excluding hydrogens is 914 g/mol. The molecule has 14 atom stereocenters. The first-order valence-corrected chi connectivity index (χ1v) is 25.0. The number of hydrogen-bond donors (Lipinski definition) is 5. The van der Waals surface area contributed by atoms with Gasteiger partial charge in [-0.1, -0.05) is 39.3 Å². The van der Waals surface area contributed by atoms with Crippen LogP contribution in [0.2, 0.25) is 5.02 Å². The van der Waals surface area contributed by atoms with Gasteiger partial charge in [0.1, 0.15) is 29.3 Å². The van der Waals surface area contributed by atoms with E-state index in [-0.39, 0.29) is 49.1 Å². The maximum atomic E-state index is 14.6. The highest BCUT2D eigenvalue weighted by Gasteiger charge is 2.51. The van der Waals surface area contributed by atoms with Gasteiger partial charge < -0.3 is 59.1 Å². The predicted molar refractivity (Wildman–Crippen MR) is 259 cm³/mol. The summed E-state index contributed by atoms with van der Waals surface area (Å²) in [6.07, 6.45) is -2.76. The van der Waals surface area contributed by atoms with Crippen molar-refractivity contribution in [3.05, 3.63) is 39.1 Å². The number of cyclic esters (lactones) is 1. The molecule has 2 aromatic rings. The number of aliphatic hydroxyl groups excluding tert-OH is 2. The van der Waals surface area contributed by atoms with Crippen molar-refractivity contribution < 1.29 is 58.6 Å². The van der Waals surface area contributed by atoms with Gasteiger partial charge >= 0.3 is 11.9 Å². The number of piperazine rings is 1. The Morgan fingerprint density at radius 2 is 1.67 bits per heavy atom. The van der Waals surface area contributed by atoms with Gasteiger partial charge in [0.25, 0.3) is 0 Å². The molecule has 3 saturated heterocycles. The first-order valence-electron chi connectivity index (χ1n) is 24.6. The monoisotopic (exact) mass is 990 g/mol. The van der Waals surface area contributed by atoms with Crippen molar-refractivity contribution in [3.8, 4) is 0 Å². The standard InChI is InChI=1S/C50H76ClN5O13/c1-12-39-50(9,65)43(60)31(7)45(61)52-27(3)22-49(8,44(29(5)40(57)30(6)47(64)68-39)69-48-42(59)38(53(10)11)19-28(4)67-48)66-25-26(2)23-54-15-17-55(18-16-54)37-20-33-36(21-35(37)51)56(32-13-14-32)24-34(41(33)58)46(62)63/h20-21,24,26-32,38-39,42-44,48,59-60,65H,12-19,22-23,25H2,1-11H3,(H,52,61)(H,62,63). The lowest BCUT2D eigenvalue weighted by molar-refractivity contribution is -0.298. The molecule has 18 nitrogen and oxygen atoms in total. The van der Waals surface area contributed by atoms with Crippen LogP contribution in [0, 0.1) is 23.7 Å². The van der Waals surface area contributed by atoms with E-state index in [1.807, 2.05) is 37.4 Å². The molecule has 386 valence electrons. The number of nitrogens with one attached hydrogen (secondary N) is 1. The number of likely N-dealkylation sites (N-methyl/N-ethyl adjacent to an activating group) is 1. The molecule has 1 saturated carbocycles. The van der Waals surface area contributed by atoms with Crippen molar-refractivity contribution in [2.75, 3.05) is 58.3 Å². The van der Waals surface area contributed by atoms with Crippen LogP contribution < -0.4 is 15.6 Å². The lowest BCUT2D eigenvalue weighted by Gasteiger charge is -2.47. The third kappa shape index (κ3) is 12.0. The third-order valence-electron chi connectivity index (χ3n) is 15.0. The quantitative estimate of drug-likeness (QED) is 0.150. The van der Waals surface area contributed by atoms with Gasteiger partial charge in [0.15, 0.2) is 12.1 Å². The number of esters is 1. The molecule has 0 spiro atoms. The Morgan fingerprint density at radius 3 is 2.26 bits per heavy atom. The highest BCUT2D eigenvalue weighted by Crippen LogP contribution is 2.40. The van der Waals surface area contributed by atoms with Crippen LogP contribution in [-0.2, 0) is 33.3 Å². The predicted octanol–water partition coefficient (Wildman–Crippen LogP) is 3.85. The smallest absolute Gasteiger partial charge is 0.341 e. The number of aromatic carboxylic acids is 1. The maximum absolute atomic E-state index is 14.6. The fraction of sp³-hybridized carbons (Fsp3) is 0.740. The lowest BCUT2D eigenvalue weighted by atomic mass is 9.79. The van der Waals surface area contributed by atoms with Crippen LogP contribution in [0.3, 0.4) is 0 Å². The normalized spacial score (nSPS) is 35.3. The Labute approximate surface area is 410 Å². The van der Waals surface area contributed by atoms with Crippen molar-refractivity contribution in [1.82, 2.24) is 19.7 Å². The number of hydrogen-bond acceptors (Lipinski definition) is 15. The number of anilines is 1. The van der Waals surface area contributed by atoms with Gasteiger partial charge in [0, 0.05) is 68.4 Å². The fourth-order valence-corrected chi connectivity index (χ4v) is 10.9. The number of carboxylic acids is 1. The summed E-state index contributed by atoms with van der Waals surface area (Å²) >= 11 is 6.89. The number of Topliss-reactive ketones (excluding diaryl/α,β-unsaturated/α-hetero) is 1. The second kappa shape index (κ2) is 22.0. The zero-order valence-electron chi connectivity index (χ0n) is 42.1. The van der Waals surface area contributed by atoms with Gasteiger partial charge in [-0.15, -0.1) is 0 Å². The summed E-state index contributed by atoms with van der Waals surface area (Å²) in [6, 6.07) is 2.63. The van der Waals surface area contributed by atoms with Crippen molar-refractivity contribution >= 4 is 51.8 Å². The van der Waals surface area contributed by atoms with E-state index in [0.29, 0.717) is 60.8 Å². The molecule has 4 fully saturated rings. The van der Waals surface area contributed by atoms with Crippen LogP contribution in [-0.4, -0.2) is 172 Å². The molecule has 19 heteroatoms. The summed E-state index contributed by atoms with van der Waals surface area (Å²) in [5.74, 6) is -6.90. The van der Waals surface area contributed by atoms with Crippen LogP contribution in [0.5, 0.6) is 0 Å². The summed E-state index contributed by atoms with van der Waals surface area (Å²) in [4.78, 5) is 73.9. The molecule has 4 aliphatic rings. The lowest BCUT2D eigenvalue weighted by Crippen LogP contribution is -2.60. The number of amides is 1. The molecule has 1 aliphatic carbocycles. The van der Waals surface area contributed by atoms with Gasteiger partial charge in [0.2, 0.25) is 11.3 Å². The molecule has 5 N–H and O–H groups in total. The minimum atomic E-state index is -2.04. The van der Waals surface area contributed by atoms with Crippen LogP contribution in [0.1, 0.15) is 111 Å². The highest BCUT2D eigenvalue weighted by molar-refractivity contribution is 6.34. The number of carboxylic acid groups (broad SMARTS) is 1. The molecule has 0 radical (unpaired) electrons. The Bertz CT molecular complexity index is 2250. The Kier molecular flexibility index (Phi) is 17.4. The summed E-state index contributed by atoms with van der Waals surface area (Å²) in [5.41, 5.74) is -2.95. The molecule has 14 unspecified atom stereocenters. The molecule has 0 bridgehead atoms. The Morgan fingerprint density at radius 1 is 1.01 bits per heavy atom. The van der Waals surface area contributed by atoms with E-state index in [4.69, 9.17) is 30.5 Å². The molecule has 69 heavy (non-hydrogen) atoms. The molecule has 1 aromatic heterocycles. The highest BCUT2D eigenvalue weighted by atomic mass is 35.5. The second-order valence-corrected chi connectivity index (χ2v) is 21.5. The van der Waals surface area contributed by atoms with E-state index >= 15 is 0 Å². The van der Waals surface area contributed by atoms with E-state index in [0.717, 1.165) is 12.8 Å². The second-order valence-electron chi connectivity index (χ2n) is 21.1. The first-order chi connectivity index (χ1) is 32.3. The zero-order valence-corrected chi connectivity index (χ0v) is 42.9. The third-order valence-corrected chi connectivity index (χ3v) is 15.3. The zero-order chi connectivity index (χ0) is 51.0. The number of fused-ring (bicyclic) bond motifs is 1. The average molecular weight is 991 g/mol. The molecular formula is C50H76ClN5O13. The molecule has 1 amide bonds. The molecule has 3 aliphatic heterocycles. The van der Waals surface area contributed by atoms with Crippen LogP contribution >= 0.6 is 11.6 Å². The fourth-order valence-electron chi connectivity index (χ4n) is 10.6. The summed E-state index contributed by atoms with van der Waals surface area (Å²) in [5, 5.41) is 48.2. The van der Waals surface area contributed by atoms with Crippen LogP contribution in [0.15, 0.2) is 23.1 Å². The van der Waals surface area contributed by atoms with Gasteiger partial charge in [-0.2, -0.15) is 0 Å². The van der Waals surface area contributed by atoms with Crippen molar-refractivity contribution in [1.29, 1.82) is 0 Å². The van der Waals surface area contributed by atoms with E-state index in [1.54, 1.807) is 39.8 Å². The largest absolute Gasteiger partial charge is 0.477 e. The van der Waals surface area contributed by atoms with E-state index < -0.39 is 94.8 Å². The van der Waals surface area contributed by atoms with Gasteiger partial charge in [-0.3, -0.25) is 24.1 Å². The number of benzene rings is 1. The number of carbonyl (C=O) groups excluding carboxylic acids is 3. The Hall–Kier alpha value is -3.72. The molecule has 6 rings (SSSR count). The number of aromatic nitrogens is 1. The van der Waals surface area contributed by atoms with Crippen molar-refractivity contribution in [2.45, 2.75) is 161 Å². The van der Waals surface area contributed by atoms with Gasteiger partial charge in [-0.25, -0.2) is 4.79 Å². The van der Waals surface area contributed by atoms with Gasteiger partial charge in [0.05, 0.1) is 52.7 Å². The number of pyridine rings is 1. The van der Waals surface area contributed by atoms with E-state index in [2.05, 4.69) is 15.1 Å². The van der Waals surface area contributed by atoms with Crippen molar-refractivity contribution in [2.24, 2.45) is 23.7 Å². The summed E-state index contributed by atoms with van der Waals surface area (Å²) < 4.78 is 27.6. The SMILES string of the molecule is CCC1OC(=O)C(C)C(=O)C(C)C(OC2OC(C)CC(N(C)C)C2O)C(C)(OCC(C)CN2CCN(c3cc4c(=O)c(C(=O)O)cn(C5CC5)c4cc3Cl)CC2)CC(C)NC(=O)C(C)C(O)C1(C)O. The number of aliphatic hydroxyl groups is 3. The first kappa shape index (κ1) is 54.6. The molecule has 1 aromatic carbocycles. The number of nitrogens with zero attached hydrogens (tertiary/aromatic N) is 4. The van der Waals surface area contributed by atoms with E-state index in [1.165, 1.54) is 27.0 Å². The minimum Gasteiger partial charge on any atom is -0.477 e. The average Bonchev–Trinajstić information content (AvgIpc) is 4.14. The maximum Gasteiger partial charge on any atom is 0.341 e.